The van der Waals surface area contributed by atoms with E-state index in [0.29, 0.717) is 24.5 Å². The Kier molecular flexibility index (Phi) is 5.90. The molecule has 0 fully saturated rings. The van der Waals surface area contributed by atoms with Crippen molar-refractivity contribution in [1.29, 1.82) is 0 Å². The highest BCUT2D eigenvalue weighted by Gasteiger charge is 2.15. The van der Waals surface area contributed by atoms with Gasteiger partial charge in [-0.05, 0) is 38.1 Å². The number of aliphatic hydroxyl groups excluding tert-OH is 1. The Hall–Kier alpha value is -2.18. The Bertz CT molecular complexity index is 698. The normalized spacial score (nSPS) is 11.1. The third kappa shape index (κ3) is 4.18. The molecule has 2 rings (SSSR count). The van der Waals surface area contributed by atoms with Gasteiger partial charge >= 0.3 is 0 Å². The minimum atomic E-state index is -0.448. The number of hydrogen-bond donors (Lipinski definition) is 2. The summed E-state index contributed by atoms with van der Waals surface area (Å²) in [6.07, 6.45) is 4.39. The van der Waals surface area contributed by atoms with Gasteiger partial charge in [-0.2, -0.15) is 0 Å². The van der Waals surface area contributed by atoms with Crippen molar-refractivity contribution in [3.05, 3.63) is 57.8 Å². The second-order valence-corrected chi connectivity index (χ2v) is 5.54. The zero-order chi connectivity index (χ0) is 16.8. The first-order chi connectivity index (χ1) is 11.1. The molecule has 0 aliphatic rings. The SMILES string of the molecule is CCn1c(CO)cc(=O)c(O)c1CN(C)CCc1ccncc1. The molecule has 23 heavy (non-hydrogen) atoms. The van der Waals surface area contributed by atoms with E-state index >= 15 is 0 Å². The van der Waals surface area contributed by atoms with Crippen LogP contribution in [-0.4, -0.2) is 38.3 Å². The third-order valence-electron chi connectivity index (χ3n) is 3.91. The molecule has 0 radical (unpaired) electrons. The van der Waals surface area contributed by atoms with Crippen molar-refractivity contribution in [2.75, 3.05) is 13.6 Å². The third-order valence-corrected chi connectivity index (χ3v) is 3.91. The first-order valence-corrected chi connectivity index (χ1v) is 7.69. The molecular formula is C17H23N3O3. The fourth-order valence-electron chi connectivity index (χ4n) is 2.63. The lowest BCUT2D eigenvalue weighted by Crippen LogP contribution is -2.26. The molecule has 2 aromatic rings. The highest BCUT2D eigenvalue weighted by atomic mass is 16.3. The minimum Gasteiger partial charge on any atom is -0.503 e. The lowest BCUT2D eigenvalue weighted by molar-refractivity contribution is 0.262. The molecule has 0 unspecified atom stereocenters. The van der Waals surface area contributed by atoms with Gasteiger partial charge in [0.05, 0.1) is 12.3 Å². The molecule has 0 saturated heterocycles. The topological polar surface area (TPSA) is 78.6 Å². The number of nitrogens with zero attached hydrogens (tertiary/aromatic N) is 3. The summed E-state index contributed by atoms with van der Waals surface area (Å²) in [5.41, 5.74) is 1.80. The summed E-state index contributed by atoms with van der Waals surface area (Å²) in [5.74, 6) is -0.236. The van der Waals surface area contributed by atoms with E-state index in [1.54, 1.807) is 17.0 Å². The van der Waals surface area contributed by atoms with E-state index in [2.05, 4.69) is 4.98 Å². The molecular weight excluding hydrogens is 294 g/mol. The Morgan fingerprint density at radius 2 is 2.00 bits per heavy atom. The van der Waals surface area contributed by atoms with Crippen LogP contribution < -0.4 is 5.43 Å². The number of aromatic hydroxyl groups is 1. The second kappa shape index (κ2) is 7.89. The second-order valence-electron chi connectivity index (χ2n) is 5.54. The van der Waals surface area contributed by atoms with Crippen LogP contribution in [0.5, 0.6) is 5.75 Å². The van der Waals surface area contributed by atoms with Crippen LogP contribution in [0.25, 0.3) is 0 Å². The maximum absolute atomic E-state index is 11.8. The predicted octanol–water partition coefficient (Wildman–Crippen LogP) is 1.14. The number of hydrogen-bond acceptors (Lipinski definition) is 5. The van der Waals surface area contributed by atoms with Gasteiger partial charge in [0.25, 0.3) is 0 Å². The molecule has 0 atom stereocenters. The molecule has 124 valence electrons. The predicted molar refractivity (Wildman–Crippen MR) is 88.2 cm³/mol. The number of likely N-dealkylation sites (N-methyl/N-ethyl adjacent to an activating group) is 1. The van der Waals surface area contributed by atoms with Crippen molar-refractivity contribution in [3.63, 3.8) is 0 Å². The van der Waals surface area contributed by atoms with Crippen molar-refractivity contribution >= 4 is 0 Å². The highest BCUT2D eigenvalue weighted by molar-refractivity contribution is 5.30. The molecule has 0 aliphatic carbocycles. The molecule has 0 aromatic carbocycles. The standard InChI is InChI=1S/C17H23N3O3/c1-3-20-14(12-21)10-16(22)17(23)15(20)11-19(2)9-6-13-4-7-18-8-5-13/h4-5,7-8,10,21,23H,3,6,9,11-12H2,1-2H3. The van der Waals surface area contributed by atoms with Gasteiger partial charge < -0.3 is 19.7 Å². The zero-order valence-electron chi connectivity index (χ0n) is 13.6. The molecule has 6 nitrogen and oxygen atoms in total. The molecule has 2 heterocycles. The summed E-state index contributed by atoms with van der Waals surface area (Å²) in [6.45, 7) is 3.50. The molecule has 2 aromatic heterocycles. The molecule has 0 bridgehead atoms. The van der Waals surface area contributed by atoms with Crippen LogP contribution in [0, 0.1) is 0 Å². The van der Waals surface area contributed by atoms with E-state index in [1.807, 2.05) is 31.0 Å². The Labute approximate surface area is 135 Å². The monoisotopic (exact) mass is 317 g/mol. The van der Waals surface area contributed by atoms with E-state index in [0.717, 1.165) is 13.0 Å². The summed E-state index contributed by atoms with van der Waals surface area (Å²) >= 11 is 0. The van der Waals surface area contributed by atoms with Crippen LogP contribution in [0.4, 0.5) is 0 Å². The van der Waals surface area contributed by atoms with Crippen molar-refractivity contribution in [1.82, 2.24) is 14.5 Å². The van der Waals surface area contributed by atoms with Gasteiger partial charge in [0, 0.05) is 43.8 Å². The summed E-state index contributed by atoms with van der Waals surface area (Å²) in [5, 5.41) is 19.5. The lowest BCUT2D eigenvalue weighted by Gasteiger charge is -2.22. The van der Waals surface area contributed by atoms with Crippen molar-refractivity contribution in [2.24, 2.45) is 0 Å². The lowest BCUT2D eigenvalue weighted by atomic mass is 10.2. The van der Waals surface area contributed by atoms with Crippen LogP contribution in [0.3, 0.4) is 0 Å². The molecule has 0 saturated carbocycles. The Balaban J connectivity index is 2.15. The minimum absolute atomic E-state index is 0.225. The van der Waals surface area contributed by atoms with E-state index in [9.17, 15) is 15.0 Å². The highest BCUT2D eigenvalue weighted by Crippen LogP contribution is 2.17. The van der Waals surface area contributed by atoms with Gasteiger partial charge in [-0.1, -0.05) is 0 Å². The summed E-state index contributed by atoms with van der Waals surface area (Å²) in [7, 11) is 1.94. The fourth-order valence-corrected chi connectivity index (χ4v) is 2.63. The van der Waals surface area contributed by atoms with Gasteiger partial charge in [-0.3, -0.25) is 9.78 Å². The molecule has 0 spiro atoms. The summed E-state index contributed by atoms with van der Waals surface area (Å²) in [6, 6.07) is 5.23. The molecule has 0 aliphatic heterocycles. The van der Waals surface area contributed by atoms with Gasteiger partial charge in [0.15, 0.2) is 5.75 Å². The number of aliphatic hydroxyl groups is 1. The van der Waals surface area contributed by atoms with Gasteiger partial charge in [-0.15, -0.1) is 0 Å². The van der Waals surface area contributed by atoms with Crippen LogP contribution in [0.15, 0.2) is 35.4 Å². The first kappa shape index (κ1) is 17.2. The van der Waals surface area contributed by atoms with Crippen molar-refractivity contribution < 1.29 is 10.2 Å². The summed E-state index contributed by atoms with van der Waals surface area (Å²) in [4.78, 5) is 17.9. The maximum atomic E-state index is 11.8. The Morgan fingerprint density at radius 1 is 1.30 bits per heavy atom. The van der Waals surface area contributed by atoms with E-state index in [4.69, 9.17) is 0 Å². The van der Waals surface area contributed by atoms with Crippen LogP contribution in [0.1, 0.15) is 23.9 Å². The first-order valence-electron chi connectivity index (χ1n) is 7.69. The smallest absolute Gasteiger partial charge is 0.223 e. The van der Waals surface area contributed by atoms with Crippen LogP contribution in [-0.2, 0) is 26.1 Å². The molecule has 6 heteroatoms. The van der Waals surface area contributed by atoms with E-state index < -0.39 is 5.43 Å². The quantitative estimate of drug-likeness (QED) is 0.800. The largest absolute Gasteiger partial charge is 0.503 e. The average molecular weight is 317 g/mol. The van der Waals surface area contributed by atoms with Gasteiger partial charge in [0.1, 0.15) is 0 Å². The van der Waals surface area contributed by atoms with Gasteiger partial charge in [0.2, 0.25) is 5.43 Å². The zero-order valence-corrected chi connectivity index (χ0v) is 13.6. The van der Waals surface area contributed by atoms with Crippen LogP contribution in [0.2, 0.25) is 0 Å². The molecule has 0 amide bonds. The summed E-state index contributed by atoms with van der Waals surface area (Å²) < 4.78 is 1.79. The van der Waals surface area contributed by atoms with Crippen molar-refractivity contribution in [2.45, 2.75) is 33.0 Å². The van der Waals surface area contributed by atoms with E-state index in [1.165, 1.54) is 11.6 Å². The van der Waals surface area contributed by atoms with Gasteiger partial charge in [-0.25, -0.2) is 0 Å². The molecule has 2 N–H and O–H groups in total. The Morgan fingerprint density at radius 3 is 2.61 bits per heavy atom. The van der Waals surface area contributed by atoms with Crippen molar-refractivity contribution in [3.8, 4) is 5.75 Å². The number of pyridine rings is 2. The van der Waals surface area contributed by atoms with E-state index in [-0.39, 0.29) is 12.4 Å². The maximum Gasteiger partial charge on any atom is 0.223 e. The average Bonchev–Trinajstić information content (AvgIpc) is 2.57. The fraction of sp³-hybridized carbons (Fsp3) is 0.412. The van der Waals surface area contributed by atoms with Crippen LogP contribution >= 0.6 is 0 Å². The number of rotatable bonds is 7. The number of aromatic nitrogens is 2.